The third-order valence-corrected chi connectivity index (χ3v) is 5.71. The number of carbonyl (C=O) groups excluding carboxylic acids is 3. The molecule has 134 valence electrons. The molecular formula is C16H23ClN2O5. The van der Waals surface area contributed by atoms with Crippen molar-refractivity contribution in [1.82, 2.24) is 9.80 Å². The SMILES string of the molecule is CC(C)[C@H]1C(=O)N2CCCC2[C@]2(O)O[C@](C(=O)Cl)(C(C)C)C(=O)N12. The van der Waals surface area contributed by atoms with Gasteiger partial charge >= 0.3 is 0 Å². The third-order valence-electron chi connectivity index (χ3n) is 5.43. The molecule has 0 aromatic rings. The quantitative estimate of drug-likeness (QED) is 0.592. The van der Waals surface area contributed by atoms with Crippen LogP contribution >= 0.6 is 11.6 Å². The van der Waals surface area contributed by atoms with E-state index in [0.29, 0.717) is 19.4 Å². The molecule has 0 aromatic carbocycles. The van der Waals surface area contributed by atoms with E-state index in [0.717, 1.165) is 4.90 Å². The van der Waals surface area contributed by atoms with Gasteiger partial charge in [0.15, 0.2) is 0 Å². The van der Waals surface area contributed by atoms with E-state index in [1.807, 2.05) is 0 Å². The van der Waals surface area contributed by atoms with E-state index in [1.165, 1.54) is 0 Å². The van der Waals surface area contributed by atoms with Crippen LogP contribution in [0.5, 0.6) is 0 Å². The molecule has 1 unspecified atom stereocenters. The Morgan fingerprint density at radius 1 is 1.33 bits per heavy atom. The maximum Gasteiger partial charge on any atom is 0.275 e. The second kappa shape index (κ2) is 5.41. The minimum atomic E-state index is -2.02. The van der Waals surface area contributed by atoms with Crippen molar-refractivity contribution in [2.24, 2.45) is 11.8 Å². The van der Waals surface area contributed by atoms with Crippen LogP contribution in [-0.2, 0) is 19.1 Å². The van der Waals surface area contributed by atoms with Gasteiger partial charge < -0.3 is 14.7 Å². The van der Waals surface area contributed by atoms with Crippen LogP contribution in [0.2, 0.25) is 0 Å². The van der Waals surface area contributed by atoms with Gasteiger partial charge in [-0.3, -0.25) is 19.3 Å². The molecule has 24 heavy (non-hydrogen) atoms. The number of halogens is 1. The van der Waals surface area contributed by atoms with Gasteiger partial charge in [0.05, 0.1) is 0 Å². The molecule has 3 rings (SSSR count). The van der Waals surface area contributed by atoms with Gasteiger partial charge in [-0.15, -0.1) is 0 Å². The third kappa shape index (κ3) is 1.95. The lowest BCUT2D eigenvalue weighted by Gasteiger charge is -2.50. The van der Waals surface area contributed by atoms with Gasteiger partial charge in [-0.1, -0.05) is 27.7 Å². The Balaban J connectivity index is 2.19. The van der Waals surface area contributed by atoms with E-state index in [2.05, 4.69) is 0 Å². The summed E-state index contributed by atoms with van der Waals surface area (Å²) >= 11 is 5.74. The fourth-order valence-electron chi connectivity index (χ4n) is 4.21. The summed E-state index contributed by atoms with van der Waals surface area (Å²) in [5, 5.41) is 10.3. The summed E-state index contributed by atoms with van der Waals surface area (Å²) in [7, 11) is 0. The van der Waals surface area contributed by atoms with Gasteiger partial charge in [0.25, 0.3) is 17.1 Å². The zero-order chi connectivity index (χ0) is 18.0. The second-order valence-corrected chi connectivity index (χ2v) is 7.82. The van der Waals surface area contributed by atoms with Gasteiger partial charge in [-0.2, -0.15) is 0 Å². The Hall–Kier alpha value is -1.18. The first-order valence-corrected chi connectivity index (χ1v) is 8.73. The van der Waals surface area contributed by atoms with Crippen molar-refractivity contribution >= 4 is 28.7 Å². The fraction of sp³-hybridized carbons (Fsp3) is 0.812. The summed E-state index contributed by atoms with van der Waals surface area (Å²) in [5.74, 6) is -3.78. The average molecular weight is 359 g/mol. The van der Waals surface area contributed by atoms with Crippen LogP contribution in [0.4, 0.5) is 0 Å². The lowest BCUT2D eigenvalue weighted by atomic mass is 9.89. The maximum absolute atomic E-state index is 13.2. The van der Waals surface area contributed by atoms with Crippen molar-refractivity contribution in [2.75, 3.05) is 6.54 Å². The van der Waals surface area contributed by atoms with E-state index in [9.17, 15) is 19.5 Å². The molecule has 2 amide bonds. The number of nitrogens with zero attached hydrogens (tertiary/aromatic N) is 2. The van der Waals surface area contributed by atoms with Gasteiger partial charge in [0.2, 0.25) is 11.5 Å². The number of rotatable bonds is 3. The molecular weight excluding hydrogens is 336 g/mol. The number of hydrogen-bond acceptors (Lipinski definition) is 5. The Morgan fingerprint density at radius 2 is 1.96 bits per heavy atom. The summed E-state index contributed by atoms with van der Waals surface area (Å²) < 4.78 is 5.77. The summed E-state index contributed by atoms with van der Waals surface area (Å²) in [6.45, 7) is 7.37. The molecule has 7 nitrogen and oxygen atoms in total. The molecule has 8 heteroatoms. The maximum atomic E-state index is 13.2. The number of ether oxygens (including phenoxy) is 1. The summed E-state index contributed by atoms with van der Waals surface area (Å²) in [6.07, 6.45) is 1.21. The van der Waals surface area contributed by atoms with Gasteiger partial charge in [-0.25, -0.2) is 0 Å². The monoisotopic (exact) mass is 358 g/mol. The Bertz CT molecular complexity index is 609. The van der Waals surface area contributed by atoms with E-state index in [4.69, 9.17) is 16.3 Å². The number of aliphatic hydroxyl groups is 1. The first-order chi connectivity index (χ1) is 11.1. The standard InChI is InChI=1S/C16H23ClN2O5/c1-8(2)11-12(20)18-7-5-6-10(18)16(23)19(11)14(22)15(24-16,9(3)4)13(17)21/h8-11,23H,5-7H2,1-4H3/t10?,11-,15-,16-/m0/s1. The molecule has 3 aliphatic heterocycles. The smallest absolute Gasteiger partial charge is 0.275 e. The van der Waals surface area contributed by atoms with Crippen molar-refractivity contribution < 1.29 is 24.2 Å². The molecule has 0 aliphatic carbocycles. The van der Waals surface area contributed by atoms with Crippen molar-refractivity contribution in [1.29, 1.82) is 0 Å². The molecule has 0 radical (unpaired) electrons. The highest BCUT2D eigenvalue weighted by Crippen LogP contribution is 2.49. The number of carbonyl (C=O) groups is 3. The molecule has 3 aliphatic rings. The number of fused-ring (bicyclic) bond motifs is 3. The second-order valence-electron chi connectivity index (χ2n) is 7.48. The van der Waals surface area contributed by atoms with Crippen LogP contribution in [0.25, 0.3) is 0 Å². The fourth-order valence-corrected chi connectivity index (χ4v) is 4.55. The van der Waals surface area contributed by atoms with E-state index in [-0.39, 0.29) is 11.8 Å². The minimum Gasteiger partial charge on any atom is -0.347 e. The zero-order valence-electron chi connectivity index (χ0n) is 14.3. The molecule has 3 saturated heterocycles. The van der Waals surface area contributed by atoms with Gasteiger partial charge in [0, 0.05) is 12.5 Å². The number of piperazine rings is 1. The lowest BCUT2D eigenvalue weighted by Crippen LogP contribution is -2.72. The molecule has 4 atom stereocenters. The van der Waals surface area contributed by atoms with E-state index < -0.39 is 40.7 Å². The molecule has 0 spiro atoms. The van der Waals surface area contributed by atoms with Crippen LogP contribution in [0.15, 0.2) is 0 Å². The Labute approximate surface area is 145 Å². The highest BCUT2D eigenvalue weighted by molar-refractivity contribution is 6.67. The van der Waals surface area contributed by atoms with E-state index in [1.54, 1.807) is 32.6 Å². The van der Waals surface area contributed by atoms with Crippen molar-refractivity contribution in [3.63, 3.8) is 0 Å². The normalized spacial score (nSPS) is 39.0. The molecule has 3 fully saturated rings. The average Bonchev–Trinajstić information content (AvgIpc) is 3.04. The van der Waals surface area contributed by atoms with Gasteiger partial charge in [-0.05, 0) is 30.4 Å². The first-order valence-electron chi connectivity index (χ1n) is 8.35. The van der Waals surface area contributed by atoms with Crippen LogP contribution < -0.4 is 0 Å². The van der Waals surface area contributed by atoms with Crippen molar-refractivity contribution in [3.8, 4) is 0 Å². The minimum absolute atomic E-state index is 0.212. The van der Waals surface area contributed by atoms with Crippen LogP contribution in [0, 0.1) is 11.8 Å². The van der Waals surface area contributed by atoms with Crippen LogP contribution in [0.1, 0.15) is 40.5 Å². The molecule has 0 aromatic heterocycles. The van der Waals surface area contributed by atoms with Crippen molar-refractivity contribution in [2.45, 2.75) is 64.1 Å². The van der Waals surface area contributed by atoms with Gasteiger partial charge in [0.1, 0.15) is 12.1 Å². The topological polar surface area (TPSA) is 87.1 Å². The number of amides is 2. The molecule has 1 N–H and O–H groups in total. The van der Waals surface area contributed by atoms with Crippen molar-refractivity contribution in [3.05, 3.63) is 0 Å². The Kier molecular flexibility index (Phi) is 3.97. The summed E-state index contributed by atoms with van der Waals surface area (Å²) in [6, 6.07) is -1.56. The van der Waals surface area contributed by atoms with Crippen LogP contribution in [0.3, 0.4) is 0 Å². The van der Waals surface area contributed by atoms with E-state index >= 15 is 0 Å². The number of hydrogen-bond donors (Lipinski definition) is 1. The summed E-state index contributed by atoms with van der Waals surface area (Å²) in [5.41, 5.74) is -1.97. The lowest BCUT2D eigenvalue weighted by molar-refractivity contribution is -0.315. The Morgan fingerprint density at radius 3 is 2.46 bits per heavy atom. The summed E-state index contributed by atoms with van der Waals surface area (Å²) in [4.78, 5) is 40.8. The molecule has 0 bridgehead atoms. The highest BCUT2D eigenvalue weighted by Gasteiger charge is 2.73. The molecule has 3 heterocycles. The predicted molar refractivity (Wildman–Crippen MR) is 84.7 cm³/mol. The first kappa shape index (κ1) is 17.6. The predicted octanol–water partition coefficient (Wildman–Crippen LogP) is 0.681. The largest absolute Gasteiger partial charge is 0.347 e. The molecule has 0 saturated carbocycles. The zero-order valence-corrected chi connectivity index (χ0v) is 15.0. The van der Waals surface area contributed by atoms with Crippen LogP contribution in [-0.4, -0.2) is 62.1 Å². The highest BCUT2D eigenvalue weighted by atomic mass is 35.5.